The van der Waals surface area contributed by atoms with E-state index in [1.165, 1.54) is 7.05 Å². The molecule has 2 amide bonds. The van der Waals surface area contributed by atoms with Gasteiger partial charge in [0.15, 0.2) is 0 Å². The van der Waals surface area contributed by atoms with Crippen molar-refractivity contribution in [1.82, 2.24) is 5.01 Å². The Morgan fingerprint density at radius 1 is 1.58 bits per heavy atom. The van der Waals surface area contributed by atoms with Gasteiger partial charge in [0.25, 0.3) is 0 Å². The molecule has 0 saturated heterocycles. The van der Waals surface area contributed by atoms with Crippen molar-refractivity contribution in [1.29, 1.82) is 0 Å². The highest BCUT2D eigenvalue weighted by atomic mass is 16.4. The number of hydrogen-bond donors (Lipinski definition) is 2. The molecule has 7 heteroatoms. The average molecular weight is 177 g/mol. The number of carbonyl (C=O) groups excluding carboxylic acids is 1. The number of hydrogen-bond acceptors (Lipinski definition) is 4. The zero-order chi connectivity index (χ0) is 10.1. The lowest BCUT2D eigenvalue weighted by Crippen LogP contribution is -2.26. The summed E-state index contributed by atoms with van der Waals surface area (Å²) in [5.41, 5.74) is 4.54. The van der Waals surface area contributed by atoms with Crippen molar-refractivity contribution in [2.75, 3.05) is 7.05 Å². The quantitative estimate of drug-likeness (QED) is 0.461. The molecular weight excluding hydrogens is 166 g/mol. The summed E-state index contributed by atoms with van der Waals surface area (Å²) in [6.45, 7) is 1.60. The van der Waals surface area contributed by atoms with Gasteiger partial charge in [-0.25, -0.2) is 4.79 Å². The fourth-order valence-corrected chi connectivity index (χ4v) is 0.0402. The first-order chi connectivity index (χ1) is 5.45. The van der Waals surface area contributed by atoms with Gasteiger partial charge in [0.1, 0.15) is 0 Å². The topological polar surface area (TPSA) is 113 Å². The first-order valence-corrected chi connectivity index (χ1v) is 3.03. The maximum absolute atomic E-state index is 9.78. The van der Waals surface area contributed by atoms with Crippen LogP contribution in [0.4, 0.5) is 4.79 Å². The summed E-state index contributed by atoms with van der Waals surface area (Å²) in [5.74, 6) is -0.745. The van der Waals surface area contributed by atoms with E-state index in [9.17, 15) is 14.5 Å². The predicted octanol–water partition coefficient (Wildman–Crippen LogP) is 0.159. The van der Waals surface area contributed by atoms with Crippen molar-refractivity contribution < 1.29 is 14.7 Å². The zero-order valence-electron chi connectivity index (χ0n) is 6.85. The smallest absolute Gasteiger partial charge is 0.337 e. The maximum Gasteiger partial charge on any atom is 0.337 e. The van der Waals surface area contributed by atoms with Crippen molar-refractivity contribution in [3.8, 4) is 0 Å². The van der Waals surface area contributed by atoms with Crippen LogP contribution in [0, 0.1) is 4.91 Å². The molecule has 0 aliphatic rings. The molecule has 0 aromatic heterocycles. The number of aliphatic carboxylic acids is 1. The molecule has 0 atom stereocenters. The van der Waals surface area contributed by atoms with Gasteiger partial charge in [0, 0.05) is 13.5 Å². The van der Waals surface area contributed by atoms with Gasteiger partial charge in [-0.1, -0.05) is 6.92 Å². The molecule has 0 unspecified atom stereocenters. The fraction of sp³-hybridized carbons (Fsp3) is 0.600. The molecule has 0 radical (unpaired) electrons. The average Bonchev–Trinajstić information content (AvgIpc) is 2.04. The Kier molecular flexibility index (Phi) is 8.05. The van der Waals surface area contributed by atoms with Crippen molar-refractivity contribution in [2.45, 2.75) is 13.3 Å². The Bertz CT molecular complexity index is 170. The van der Waals surface area contributed by atoms with Gasteiger partial charge in [0.05, 0.1) is 5.29 Å². The summed E-state index contributed by atoms with van der Waals surface area (Å²) in [4.78, 5) is 28.5. The van der Waals surface area contributed by atoms with Crippen LogP contribution in [0.5, 0.6) is 0 Å². The van der Waals surface area contributed by atoms with Crippen molar-refractivity contribution in [3.05, 3.63) is 4.91 Å². The highest BCUT2D eigenvalue weighted by molar-refractivity contribution is 5.71. The molecule has 0 aliphatic carbocycles. The number of urea groups is 1. The van der Waals surface area contributed by atoms with E-state index >= 15 is 0 Å². The first-order valence-electron chi connectivity index (χ1n) is 3.03. The molecule has 0 saturated carbocycles. The van der Waals surface area contributed by atoms with Crippen LogP contribution < -0.4 is 5.73 Å². The Morgan fingerprint density at radius 2 is 1.92 bits per heavy atom. The second kappa shape index (κ2) is 7.45. The lowest BCUT2D eigenvalue weighted by atomic mass is 10.5. The lowest BCUT2D eigenvalue weighted by molar-refractivity contribution is -0.136. The van der Waals surface area contributed by atoms with Crippen molar-refractivity contribution in [3.63, 3.8) is 0 Å². The van der Waals surface area contributed by atoms with Gasteiger partial charge < -0.3 is 10.8 Å². The number of nitrogens with zero attached hydrogens (tertiary/aromatic N) is 2. The Balaban J connectivity index is 0. The monoisotopic (exact) mass is 177 g/mol. The third-order valence-electron chi connectivity index (χ3n) is 0.744. The third kappa shape index (κ3) is 11.2. The van der Waals surface area contributed by atoms with Gasteiger partial charge in [-0.2, -0.15) is 5.01 Å². The van der Waals surface area contributed by atoms with Gasteiger partial charge in [-0.3, -0.25) is 4.79 Å². The van der Waals surface area contributed by atoms with Crippen LogP contribution in [0.2, 0.25) is 0 Å². The molecule has 0 aliphatic heterocycles. The Morgan fingerprint density at radius 3 is 1.92 bits per heavy atom. The molecular formula is C5H11N3O4. The largest absolute Gasteiger partial charge is 0.481 e. The highest BCUT2D eigenvalue weighted by Crippen LogP contribution is 1.76. The van der Waals surface area contributed by atoms with Gasteiger partial charge in [-0.05, 0) is 0 Å². The number of rotatable bonds is 2. The van der Waals surface area contributed by atoms with Crippen molar-refractivity contribution >= 4 is 12.0 Å². The number of primary amides is 1. The zero-order valence-corrected chi connectivity index (χ0v) is 6.85. The van der Waals surface area contributed by atoms with E-state index in [4.69, 9.17) is 5.11 Å². The van der Waals surface area contributed by atoms with Crippen LogP contribution in [0.1, 0.15) is 13.3 Å². The van der Waals surface area contributed by atoms with E-state index in [1.54, 1.807) is 6.92 Å². The number of amides is 2. The van der Waals surface area contributed by atoms with Crippen LogP contribution in [0.25, 0.3) is 0 Å². The molecule has 70 valence electrons. The number of carboxylic acid groups (broad SMARTS) is 1. The predicted molar refractivity (Wildman–Crippen MR) is 41.1 cm³/mol. The summed E-state index contributed by atoms with van der Waals surface area (Å²) in [5, 5.41) is 10.4. The number of carboxylic acids is 1. The van der Waals surface area contributed by atoms with Gasteiger partial charge in [0.2, 0.25) is 0 Å². The summed E-state index contributed by atoms with van der Waals surface area (Å²) >= 11 is 0. The fourth-order valence-electron chi connectivity index (χ4n) is 0.0402. The van der Waals surface area contributed by atoms with E-state index in [1.807, 2.05) is 0 Å². The number of nitrogens with two attached hydrogens (primary N) is 1. The standard InChI is InChI=1S/C3H6O2.C2H5N3O2/c1-2-3(4)5;1-5(4-7)2(3)6/h2H2,1H3,(H,4,5);1H3,(H2,3,6). The van der Waals surface area contributed by atoms with E-state index in [-0.39, 0.29) is 6.42 Å². The summed E-state index contributed by atoms with van der Waals surface area (Å²) in [6, 6.07) is -0.852. The summed E-state index contributed by atoms with van der Waals surface area (Å²) in [7, 11) is 1.18. The van der Waals surface area contributed by atoms with Gasteiger partial charge >= 0.3 is 12.0 Å². The Hall–Kier alpha value is -1.66. The molecule has 0 spiro atoms. The normalized spacial score (nSPS) is 7.50. The van der Waals surface area contributed by atoms with Crippen LogP contribution in [-0.4, -0.2) is 29.2 Å². The van der Waals surface area contributed by atoms with Crippen LogP contribution in [-0.2, 0) is 4.79 Å². The molecule has 0 aromatic rings. The van der Waals surface area contributed by atoms with Gasteiger partial charge in [-0.15, -0.1) is 4.91 Å². The molecule has 3 N–H and O–H groups in total. The molecule has 0 bridgehead atoms. The summed E-state index contributed by atoms with van der Waals surface area (Å²) < 4.78 is 0. The molecule has 12 heavy (non-hydrogen) atoms. The number of nitroso groups, excluding NO2 is 1. The van der Waals surface area contributed by atoms with E-state index in [2.05, 4.69) is 11.0 Å². The second-order valence-corrected chi connectivity index (χ2v) is 1.69. The highest BCUT2D eigenvalue weighted by Gasteiger charge is 1.97. The lowest BCUT2D eigenvalue weighted by Gasteiger charge is -1.97. The minimum absolute atomic E-state index is 0.222. The van der Waals surface area contributed by atoms with Crippen LogP contribution in [0.3, 0.4) is 0 Å². The van der Waals surface area contributed by atoms with Crippen LogP contribution in [0.15, 0.2) is 5.29 Å². The minimum atomic E-state index is -0.852. The molecule has 0 heterocycles. The molecule has 7 nitrogen and oxygen atoms in total. The third-order valence-corrected chi connectivity index (χ3v) is 0.744. The molecule has 0 rings (SSSR count). The van der Waals surface area contributed by atoms with E-state index in [0.717, 1.165) is 0 Å². The minimum Gasteiger partial charge on any atom is -0.481 e. The second-order valence-electron chi connectivity index (χ2n) is 1.69. The first kappa shape index (κ1) is 13.0. The molecule has 0 aromatic carbocycles. The van der Waals surface area contributed by atoms with Crippen LogP contribution >= 0.6 is 0 Å². The van der Waals surface area contributed by atoms with Crippen molar-refractivity contribution in [2.24, 2.45) is 11.0 Å². The Labute approximate surface area is 69.1 Å². The SMILES string of the molecule is CCC(=O)O.CN(N=O)C(N)=O. The maximum atomic E-state index is 9.78. The van der Waals surface area contributed by atoms with E-state index < -0.39 is 12.0 Å². The number of carbonyl (C=O) groups is 2. The molecule has 0 fully saturated rings. The summed E-state index contributed by atoms with van der Waals surface area (Å²) in [6.07, 6.45) is 0.222. The van der Waals surface area contributed by atoms with E-state index in [0.29, 0.717) is 5.01 Å².